The lowest BCUT2D eigenvalue weighted by Crippen LogP contribution is -2.35. The van der Waals surface area contributed by atoms with E-state index in [1.165, 1.54) is 6.07 Å². The van der Waals surface area contributed by atoms with Gasteiger partial charge in [0.15, 0.2) is 5.69 Å². The number of nitrogens with zero attached hydrogens (tertiary/aromatic N) is 3. The van der Waals surface area contributed by atoms with Crippen molar-refractivity contribution in [3.63, 3.8) is 0 Å². The average molecular weight is 276 g/mol. The third-order valence-corrected chi connectivity index (χ3v) is 3.68. The number of hydrogen-bond acceptors (Lipinski definition) is 5. The molecule has 1 fully saturated rings. The van der Waals surface area contributed by atoms with Crippen LogP contribution in [-0.4, -0.2) is 45.2 Å². The first-order chi connectivity index (χ1) is 9.67. The van der Waals surface area contributed by atoms with E-state index in [4.69, 9.17) is 9.84 Å². The van der Waals surface area contributed by atoms with Gasteiger partial charge in [0.2, 0.25) is 5.95 Å². The highest BCUT2D eigenvalue weighted by atomic mass is 16.5. The van der Waals surface area contributed by atoms with E-state index < -0.39 is 5.97 Å². The van der Waals surface area contributed by atoms with Crippen LogP contribution in [0.1, 0.15) is 23.3 Å². The number of ether oxygens (including phenoxy) is 1. The number of methoxy groups -OCH3 is 1. The smallest absolute Gasteiger partial charge is 0.354 e. The monoisotopic (exact) mass is 276 g/mol. The first-order valence-electron chi connectivity index (χ1n) is 6.51. The van der Waals surface area contributed by atoms with Crippen molar-refractivity contribution in [2.45, 2.75) is 18.9 Å². The van der Waals surface area contributed by atoms with Crippen molar-refractivity contribution in [1.29, 1.82) is 0 Å². The summed E-state index contributed by atoms with van der Waals surface area (Å²) >= 11 is 0. The first kappa shape index (κ1) is 12.9. The molecule has 2 aromatic rings. The van der Waals surface area contributed by atoms with E-state index in [2.05, 4.69) is 15.3 Å². The summed E-state index contributed by atoms with van der Waals surface area (Å²) in [6, 6.07) is 1.46. The molecule has 2 heterocycles. The number of carboxylic acid groups (broad SMARTS) is 1. The molecule has 0 atom stereocenters. The highest BCUT2D eigenvalue weighted by molar-refractivity contribution is 5.87. The maximum Gasteiger partial charge on any atom is 0.354 e. The van der Waals surface area contributed by atoms with E-state index in [9.17, 15) is 4.79 Å². The van der Waals surface area contributed by atoms with Gasteiger partial charge >= 0.3 is 5.97 Å². The number of aromatic carboxylic acids is 1. The summed E-state index contributed by atoms with van der Waals surface area (Å²) in [6.07, 6.45) is 5.78. The van der Waals surface area contributed by atoms with Crippen LogP contribution in [0.4, 0.5) is 5.95 Å². The molecule has 1 saturated carbocycles. The van der Waals surface area contributed by atoms with Crippen LogP contribution >= 0.6 is 0 Å². The van der Waals surface area contributed by atoms with Crippen LogP contribution in [0.25, 0.3) is 5.65 Å². The molecule has 0 aromatic carbocycles. The number of aromatic nitrogens is 3. The standard InChI is InChI=1S/C13H16N4O3/c1-20-9-4-8(5-9)7-15-13-16-10(12(18)19)6-11-14-2-3-17(11)13/h2-3,6,8-9H,4-5,7H2,1H3,(H,15,16)(H,18,19). The summed E-state index contributed by atoms with van der Waals surface area (Å²) in [4.78, 5) is 19.3. The molecule has 0 aliphatic heterocycles. The van der Waals surface area contributed by atoms with Crippen LogP contribution in [0.15, 0.2) is 18.5 Å². The lowest BCUT2D eigenvalue weighted by atomic mass is 9.82. The summed E-state index contributed by atoms with van der Waals surface area (Å²) in [6.45, 7) is 0.753. The van der Waals surface area contributed by atoms with E-state index in [-0.39, 0.29) is 5.69 Å². The Balaban J connectivity index is 1.76. The van der Waals surface area contributed by atoms with Crippen molar-refractivity contribution >= 4 is 17.6 Å². The maximum atomic E-state index is 11.1. The van der Waals surface area contributed by atoms with Gasteiger partial charge in [0.1, 0.15) is 5.65 Å². The van der Waals surface area contributed by atoms with Crippen LogP contribution in [0, 0.1) is 5.92 Å². The molecule has 2 aromatic heterocycles. The van der Waals surface area contributed by atoms with Crippen molar-refractivity contribution in [3.8, 4) is 0 Å². The zero-order valence-electron chi connectivity index (χ0n) is 11.1. The number of anilines is 1. The fourth-order valence-corrected chi connectivity index (χ4v) is 2.43. The van der Waals surface area contributed by atoms with Crippen molar-refractivity contribution in [2.75, 3.05) is 19.0 Å². The fraction of sp³-hybridized carbons (Fsp3) is 0.462. The number of rotatable bonds is 5. The molecule has 1 aliphatic carbocycles. The molecule has 2 N–H and O–H groups in total. The van der Waals surface area contributed by atoms with Gasteiger partial charge in [-0.15, -0.1) is 0 Å². The zero-order chi connectivity index (χ0) is 14.1. The van der Waals surface area contributed by atoms with Crippen LogP contribution < -0.4 is 5.32 Å². The largest absolute Gasteiger partial charge is 0.477 e. The molecule has 0 unspecified atom stereocenters. The molecule has 20 heavy (non-hydrogen) atoms. The number of imidazole rings is 1. The molecule has 3 rings (SSSR count). The van der Waals surface area contributed by atoms with Crippen molar-refractivity contribution in [3.05, 3.63) is 24.2 Å². The third kappa shape index (κ3) is 2.32. The molecular formula is C13H16N4O3. The van der Waals surface area contributed by atoms with E-state index >= 15 is 0 Å². The van der Waals surface area contributed by atoms with Gasteiger partial charge in [0.25, 0.3) is 0 Å². The van der Waals surface area contributed by atoms with Crippen molar-refractivity contribution in [1.82, 2.24) is 14.4 Å². The number of fused-ring (bicyclic) bond motifs is 1. The van der Waals surface area contributed by atoms with Crippen LogP contribution in [0.2, 0.25) is 0 Å². The predicted molar refractivity (Wildman–Crippen MR) is 72.0 cm³/mol. The third-order valence-electron chi connectivity index (χ3n) is 3.68. The van der Waals surface area contributed by atoms with E-state index in [0.29, 0.717) is 23.6 Å². The lowest BCUT2D eigenvalue weighted by Gasteiger charge is -2.34. The van der Waals surface area contributed by atoms with Gasteiger partial charge in [0.05, 0.1) is 6.10 Å². The summed E-state index contributed by atoms with van der Waals surface area (Å²) in [5, 5.41) is 12.3. The van der Waals surface area contributed by atoms with Gasteiger partial charge < -0.3 is 15.2 Å². The van der Waals surface area contributed by atoms with Gasteiger partial charge in [-0.2, -0.15) is 0 Å². The zero-order valence-corrected chi connectivity index (χ0v) is 11.1. The number of nitrogens with one attached hydrogen (secondary N) is 1. The Morgan fingerprint density at radius 3 is 3.10 bits per heavy atom. The van der Waals surface area contributed by atoms with Gasteiger partial charge in [-0.1, -0.05) is 0 Å². The van der Waals surface area contributed by atoms with E-state index in [1.807, 2.05) is 0 Å². The molecule has 1 aliphatic rings. The molecule has 106 valence electrons. The van der Waals surface area contributed by atoms with E-state index in [1.54, 1.807) is 23.9 Å². The molecule has 0 bridgehead atoms. The summed E-state index contributed by atoms with van der Waals surface area (Å²) in [5.74, 6) is -0.00582. The molecule has 0 amide bonds. The second-order valence-electron chi connectivity index (χ2n) is 5.00. The van der Waals surface area contributed by atoms with Gasteiger partial charge in [-0.25, -0.2) is 14.8 Å². The molecule has 0 spiro atoms. The summed E-state index contributed by atoms with van der Waals surface area (Å²) in [5.41, 5.74) is 0.567. The van der Waals surface area contributed by atoms with Crippen molar-refractivity contribution in [2.24, 2.45) is 5.92 Å². The summed E-state index contributed by atoms with van der Waals surface area (Å²) < 4.78 is 6.99. The highest BCUT2D eigenvalue weighted by Crippen LogP contribution is 2.29. The number of carbonyl (C=O) groups is 1. The Morgan fingerprint density at radius 1 is 1.60 bits per heavy atom. The van der Waals surface area contributed by atoms with Gasteiger partial charge in [-0.05, 0) is 18.8 Å². The summed E-state index contributed by atoms with van der Waals surface area (Å²) in [7, 11) is 1.72. The molecular weight excluding hydrogens is 260 g/mol. The minimum Gasteiger partial charge on any atom is -0.477 e. The lowest BCUT2D eigenvalue weighted by molar-refractivity contribution is 0.00558. The average Bonchev–Trinajstić information content (AvgIpc) is 2.85. The predicted octanol–water partition coefficient (Wildman–Crippen LogP) is 1.26. The highest BCUT2D eigenvalue weighted by Gasteiger charge is 2.28. The van der Waals surface area contributed by atoms with Crippen LogP contribution in [0.5, 0.6) is 0 Å². The van der Waals surface area contributed by atoms with E-state index in [0.717, 1.165) is 19.4 Å². The number of carboxylic acids is 1. The quantitative estimate of drug-likeness (QED) is 0.854. The van der Waals surface area contributed by atoms with Crippen LogP contribution in [0.3, 0.4) is 0 Å². The SMILES string of the molecule is COC1CC(CNc2nc(C(=O)O)cc3nccn23)C1. The Kier molecular flexibility index (Phi) is 3.27. The normalized spacial score (nSPS) is 21.6. The van der Waals surface area contributed by atoms with Crippen LogP contribution in [-0.2, 0) is 4.74 Å². The topological polar surface area (TPSA) is 88.8 Å². The minimum atomic E-state index is -1.05. The first-order valence-corrected chi connectivity index (χ1v) is 6.51. The van der Waals surface area contributed by atoms with Gasteiger partial charge in [0, 0.05) is 32.1 Å². The Labute approximate surface area is 115 Å². The molecule has 0 radical (unpaired) electrons. The maximum absolute atomic E-state index is 11.1. The van der Waals surface area contributed by atoms with Gasteiger partial charge in [-0.3, -0.25) is 4.40 Å². The Bertz CT molecular complexity index is 634. The molecule has 0 saturated heterocycles. The second-order valence-corrected chi connectivity index (χ2v) is 5.00. The molecule has 7 nitrogen and oxygen atoms in total. The Hall–Kier alpha value is -2.15. The fourth-order valence-electron chi connectivity index (χ4n) is 2.43. The van der Waals surface area contributed by atoms with Crippen molar-refractivity contribution < 1.29 is 14.6 Å². The number of hydrogen-bond donors (Lipinski definition) is 2. The molecule has 7 heteroatoms. The minimum absolute atomic E-state index is 0.00502. The second kappa shape index (κ2) is 5.09. The Morgan fingerprint density at radius 2 is 2.40 bits per heavy atom.